The fourth-order valence-electron chi connectivity index (χ4n) is 0.325. The Bertz CT molecular complexity index is 98.9. The van der Waals surface area contributed by atoms with E-state index in [4.69, 9.17) is 19.4 Å². The van der Waals surface area contributed by atoms with Gasteiger partial charge in [-0.3, -0.25) is 0 Å². The molecule has 0 aliphatic heterocycles. The minimum Gasteiger partial charge on any atom is -0.434 e. The Balaban J connectivity index is 3.05. The summed E-state index contributed by atoms with van der Waals surface area (Å²) in [5.74, 6) is 0. The van der Waals surface area contributed by atoms with Crippen molar-refractivity contribution in [1.29, 1.82) is 0 Å². The van der Waals surface area contributed by atoms with Crippen LogP contribution in [-0.2, 0) is 9.47 Å². The van der Waals surface area contributed by atoms with Gasteiger partial charge >= 0.3 is 6.16 Å². The Labute approximate surface area is 66.0 Å². The highest BCUT2D eigenvalue weighted by Crippen LogP contribution is 1.91. The van der Waals surface area contributed by atoms with Gasteiger partial charge < -0.3 is 9.47 Å². The molecule has 0 saturated carbocycles. The highest BCUT2D eigenvalue weighted by molar-refractivity contribution is 6.17. The zero-order chi connectivity index (χ0) is 7.82. The van der Waals surface area contributed by atoms with Gasteiger partial charge in [0.25, 0.3) is 0 Å². The molecule has 0 aromatic carbocycles. The van der Waals surface area contributed by atoms with Crippen molar-refractivity contribution in [3.05, 3.63) is 0 Å². The van der Waals surface area contributed by atoms with Crippen LogP contribution in [0.15, 0.2) is 0 Å². The van der Waals surface area contributed by atoms with Gasteiger partial charge in [0.15, 0.2) is 6.07 Å². The second-order valence-corrected chi connectivity index (χ2v) is 1.71. The molecule has 0 amide bonds. The molecule has 0 saturated heterocycles. The predicted octanol–water partition coefficient (Wildman–Crippen LogP) is 1.31. The van der Waals surface area contributed by atoms with Crippen LogP contribution in [0.4, 0.5) is 4.79 Å². The van der Waals surface area contributed by atoms with Crippen molar-refractivity contribution in [1.82, 2.24) is 0 Å². The van der Waals surface area contributed by atoms with Crippen molar-refractivity contribution in [2.45, 2.75) is 12.7 Å². The van der Waals surface area contributed by atoms with Crippen LogP contribution in [0.25, 0.3) is 0 Å². The summed E-state index contributed by atoms with van der Waals surface area (Å²) < 4.78 is 8.75. The van der Waals surface area contributed by atoms with Gasteiger partial charge in [0.2, 0.25) is 0 Å². The molecule has 0 unspecified atom stereocenters. The van der Waals surface area contributed by atoms with Crippen molar-refractivity contribution >= 4 is 25.6 Å². The average molecular weight is 162 g/mol. The van der Waals surface area contributed by atoms with E-state index in [-0.39, 0.29) is 12.7 Å². The second-order valence-electron chi connectivity index (χ2n) is 1.49. The Morgan fingerprint density at radius 1 is 1.50 bits per heavy atom. The van der Waals surface area contributed by atoms with Crippen molar-refractivity contribution in [3.63, 3.8) is 0 Å². The number of rotatable bonds is 4. The summed E-state index contributed by atoms with van der Waals surface area (Å²) >= 11 is 5.06. The Morgan fingerprint density at radius 3 is 2.70 bits per heavy atom. The van der Waals surface area contributed by atoms with Crippen molar-refractivity contribution < 1.29 is 14.3 Å². The highest BCUT2D eigenvalue weighted by atomic mass is 35.5. The smallest absolute Gasteiger partial charge is 0.434 e. The first-order valence-corrected chi connectivity index (χ1v) is 3.40. The van der Waals surface area contributed by atoms with Gasteiger partial charge in [-0.05, 0) is 6.42 Å². The SMILES string of the molecule is [B]CCCOC(=O)OCCl. The monoisotopic (exact) mass is 162 g/mol. The molecule has 0 rings (SSSR count). The topological polar surface area (TPSA) is 35.5 Å². The molecule has 0 fully saturated rings. The summed E-state index contributed by atoms with van der Waals surface area (Å²) in [6.07, 6.45) is 0.384. The molecule has 0 aromatic heterocycles. The number of halogens is 1. The third-order valence-corrected chi connectivity index (χ3v) is 0.850. The fraction of sp³-hybridized carbons (Fsp3) is 0.800. The molecule has 0 bridgehead atoms. The summed E-state index contributed by atoms with van der Waals surface area (Å²) in [4.78, 5) is 10.3. The third kappa shape index (κ3) is 5.76. The molecule has 0 atom stereocenters. The van der Waals surface area contributed by atoms with Gasteiger partial charge in [0.1, 0.15) is 0 Å². The lowest BCUT2D eigenvalue weighted by Gasteiger charge is -2.01. The quantitative estimate of drug-likeness (QED) is 0.271. The minimum absolute atomic E-state index is 0.179. The van der Waals surface area contributed by atoms with E-state index in [9.17, 15) is 4.79 Å². The highest BCUT2D eigenvalue weighted by Gasteiger charge is 1.99. The molecule has 3 nitrogen and oxygen atoms in total. The zero-order valence-corrected chi connectivity index (χ0v) is 6.26. The van der Waals surface area contributed by atoms with Crippen LogP contribution in [0.3, 0.4) is 0 Å². The first-order valence-electron chi connectivity index (χ1n) is 2.87. The van der Waals surface area contributed by atoms with E-state index >= 15 is 0 Å². The molecule has 2 radical (unpaired) electrons. The number of hydrogen-bond donors (Lipinski definition) is 0. The molecule has 10 heavy (non-hydrogen) atoms. The van der Waals surface area contributed by atoms with E-state index in [1.165, 1.54) is 0 Å². The van der Waals surface area contributed by atoms with Crippen molar-refractivity contribution in [3.8, 4) is 0 Å². The van der Waals surface area contributed by atoms with Gasteiger partial charge in [-0.15, -0.1) is 0 Å². The van der Waals surface area contributed by atoms with E-state index in [2.05, 4.69) is 9.47 Å². The number of ether oxygens (including phenoxy) is 2. The summed E-state index contributed by atoms with van der Waals surface area (Å²) in [7, 11) is 5.13. The van der Waals surface area contributed by atoms with Crippen LogP contribution in [0, 0.1) is 0 Å². The zero-order valence-electron chi connectivity index (χ0n) is 5.51. The molecule has 0 spiro atoms. The standard InChI is InChI=1S/C5H8BClO3/c6-2-1-3-9-5(8)10-4-7/h1-4H2. The minimum atomic E-state index is -0.747. The maximum atomic E-state index is 10.3. The molecule has 0 N–H and O–H groups in total. The lowest BCUT2D eigenvalue weighted by atomic mass is 10.0. The molecular formula is C5H8BClO3. The van der Waals surface area contributed by atoms with Crippen molar-refractivity contribution in [2.24, 2.45) is 0 Å². The van der Waals surface area contributed by atoms with Crippen LogP contribution in [0.5, 0.6) is 0 Å². The third-order valence-electron chi connectivity index (χ3n) is 0.741. The Morgan fingerprint density at radius 2 is 2.20 bits per heavy atom. The summed E-state index contributed by atoms with van der Waals surface area (Å²) in [5, 5.41) is 0. The molecular weight excluding hydrogens is 154 g/mol. The largest absolute Gasteiger partial charge is 0.509 e. The lowest BCUT2D eigenvalue weighted by Crippen LogP contribution is -2.06. The van der Waals surface area contributed by atoms with Crippen LogP contribution < -0.4 is 0 Å². The lowest BCUT2D eigenvalue weighted by molar-refractivity contribution is 0.0679. The summed E-state index contributed by atoms with van der Waals surface area (Å²) in [5.41, 5.74) is 0. The second kappa shape index (κ2) is 6.74. The van der Waals surface area contributed by atoms with Gasteiger partial charge in [0.05, 0.1) is 14.5 Å². The average Bonchev–Trinajstić information content (AvgIpc) is 1.89. The Kier molecular flexibility index (Phi) is 6.49. The van der Waals surface area contributed by atoms with Gasteiger partial charge in [-0.2, -0.15) is 0 Å². The molecule has 5 heteroatoms. The maximum absolute atomic E-state index is 10.3. The molecule has 56 valence electrons. The Hall–Kier alpha value is -0.375. The fourth-order valence-corrected chi connectivity index (χ4v) is 0.414. The van der Waals surface area contributed by atoms with Crippen LogP contribution in [-0.4, -0.2) is 26.7 Å². The first kappa shape index (κ1) is 9.62. The normalized spacial score (nSPS) is 8.90. The number of alkyl halides is 1. The van der Waals surface area contributed by atoms with E-state index in [1.54, 1.807) is 0 Å². The van der Waals surface area contributed by atoms with Gasteiger partial charge in [0, 0.05) is 0 Å². The summed E-state index contributed by atoms with van der Waals surface area (Å²) in [6, 6.07) is -0.179. The van der Waals surface area contributed by atoms with E-state index in [0.717, 1.165) is 0 Å². The van der Waals surface area contributed by atoms with Gasteiger partial charge in [-0.25, -0.2) is 4.79 Å². The number of carbonyl (C=O) groups excluding carboxylic acids is 1. The van der Waals surface area contributed by atoms with Crippen LogP contribution in [0.2, 0.25) is 6.32 Å². The summed E-state index contributed by atoms with van der Waals surface area (Å²) in [6.45, 7) is 0.284. The van der Waals surface area contributed by atoms with Crippen LogP contribution in [0.1, 0.15) is 6.42 Å². The van der Waals surface area contributed by atoms with Gasteiger partial charge in [-0.1, -0.05) is 17.9 Å². The molecule has 0 aliphatic carbocycles. The predicted molar refractivity (Wildman–Crippen MR) is 38.3 cm³/mol. The van der Waals surface area contributed by atoms with Crippen LogP contribution >= 0.6 is 11.6 Å². The number of carbonyl (C=O) groups is 1. The van der Waals surface area contributed by atoms with E-state index in [0.29, 0.717) is 12.7 Å². The van der Waals surface area contributed by atoms with E-state index < -0.39 is 6.16 Å². The van der Waals surface area contributed by atoms with E-state index in [1.807, 2.05) is 0 Å². The number of hydrogen-bond acceptors (Lipinski definition) is 3. The first-order chi connectivity index (χ1) is 4.81. The molecule has 0 aromatic rings. The van der Waals surface area contributed by atoms with Crippen molar-refractivity contribution in [2.75, 3.05) is 12.7 Å². The molecule has 0 heterocycles. The maximum Gasteiger partial charge on any atom is 0.509 e. The molecule has 0 aliphatic rings.